The molecule has 2 unspecified atom stereocenters. The molecular weight excluding hydrogens is 213 g/mol. The first-order valence-electron chi connectivity index (χ1n) is 6.51. The summed E-state index contributed by atoms with van der Waals surface area (Å²) in [5, 5.41) is 3.23. The van der Waals surface area contributed by atoms with Crippen LogP contribution >= 0.6 is 0 Å². The van der Waals surface area contributed by atoms with Gasteiger partial charge in [-0.15, -0.1) is 0 Å². The van der Waals surface area contributed by atoms with Gasteiger partial charge in [0.1, 0.15) is 5.82 Å². The summed E-state index contributed by atoms with van der Waals surface area (Å²) in [5.41, 5.74) is 1.77. The van der Waals surface area contributed by atoms with E-state index in [9.17, 15) is 4.39 Å². The molecule has 0 aliphatic carbocycles. The monoisotopic (exact) mass is 237 g/mol. The first kappa shape index (κ1) is 14.2. The lowest BCUT2D eigenvalue weighted by Gasteiger charge is -2.21. The molecule has 2 atom stereocenters. The highest BCUT2D eigenvalue weighted by molar-refractivity contribution is 5.26. The molecule has 0 aromatic heterocycles. The molecule has 0 fully saturated rings. The number of nitrogens with one attached hydrogen (secondary N) is 1. The summed E-state index contributed by atoms with van der Waals surface area (Å²) < 4.78 is 13.9. The summed E-state index contributed by atoms with van der Waals surface area (Å²) in [4.78, 5) is 0. The van der Waals surface area contributed by atoms with Crippen LogP contribution in [0.25, 0.3) is 0 Å². The Morgan fingerprint density at radius 3 is 2.59 bits per heavy atom. The van der Waals surface area contributed by atoms with Crippen molar-refractivity contribution >= 4 is 0 Å². The molecule has 0 radical (unpaired) electrons. The second kappa shape index (κ2) is 6.75. The van der Waals surface area contributed by atoms with Gasteiger partial charge in [-0.25, -0.2) is 4.39 Å². The standard InChI is InChI=1S/C15H24FN/c1-5-6-11(2)10-15(17-4)13-8-7-12(3)9-14(13)16/h7-9,11,15,17H,5-6,10H2,1-4H3. The minimum Gasteiger partial charge on any atom is -0.313 e. The maximum absolute atomic E-state index is 13.9. The number of hydrogen-bond donors (Lipinski definition) is 1. The van der Waals surface area contributed by atoms with E-state index in [2.05, 4.69) is 19.2 Å². The first-order valence-corrected chi connectivity index (χ1v) is 6.51. The molecule has 1 rings (SSSR count). The molecule has 17 heavy (non-hydrogen) atoms. The van der Waals surface area contributed by atoms with Crippen molar-refractivity contribution in [1.29, 1.82) is 0 Å². The predicted molar refractivity (Wildman–Crippen MR) is 71.6 cm³/mol. The fraction of sp³-hybridized carbons (Fsp3) is 0.600. The molecule has 1 nitrogen and oxygen atoms in total. The minimum atomic E-state index is -0.0898. The lowest BCUT2D eigenvalue weighted by atomic mass is 9.92. The molecule has 96 valence electrons. The van der Waals surface area contributed by atoms with Crippen molar-refractivity contribution in [2.75, 3.05) is 7.05 Å². The SMILES string of the molecule is CCCC(C)CC(NC)c1ccc(C)cc1F. The maximum Gasteiger partial charge on any atom is 0.128 e. The molecule has 0 spiro atoms. The zero-order valence-corrected chi connectivity index (χ0v) is 11.4. The Bertz CT molecular complexity index is 349. The van der Waals surface area contributed by atoms with Crippen LogP contribution in [0.15, 0.2) is 18.2 Å². The van der Waals surface area contributed by atoms with Gasteiger partial charge < -0.3 is 5.32 Å². The van der Waals surface area contributed by atoms with Gasteiger partial charge in [-0.3, -0.25) is 0 Å². The Hall–Kier alpha value is -0.890. The summed E-state index contributed by atoms with van der Waals surface area (Å²) in [6.45, 7) is 6.35. The van der Waals surface area contributed by atoms with Crippen LogP contribution in [0.3, 0.4) is 0 Å². The molecule has 0 bridgehead atoms. The fourth-order valence-electron chi connectivity index (χ4n) is 2.33. The molecule has 1 N–H and O–H groups in total. The molecule has 1 aromatic rings. The van der Waals surface area contributed by atoms with E-state index < -0.39 is 0 Å². The van der Waals surface area contributed by atoms with Crippen LogP contribution in [0.2, 0.25) is 0 Å². The van der Waals surface area contributed by atoms with Gasteiger partial charge in [0.25, 0.3) is 0 Å². The van der Waals surface area contributed by atoms with Gasteiger partial charge in [-0.2, -0.15) is 0 Å². The molecule has 0 aliphatic heterocycles. The van der Waals surface area contributed by atoms with Crippen molar-refractivity contribution < 1.29 is 4.39 Å². The van der Waals surface area contributed by atoms with E-state index in [-0.39, 0.29) is 11.9 Å². The highest BCUT2D eigenvalue weighted by Crippen LogP contribution is 2.26. The molecule has 0 saturated heterocycles. The summed E-state index contributed by atoms with van der Waals surface area (Å²) in [7, 11) is 1.91. The molecule has 1 aromatic carbocycles. The number of aryl methyl sites for hydroxylation is 1. The van der Waals surface area contributed by atoms with E-state index in [1.165, 1.54) is 12.8 Å². The Balaban J connectivity index is 2.79. The zero-order valence-electron chi connectivity index (χ0n) is 11.4. The lowest BCUT2D eigenvalue weighted by Crippen LogP contribution is -2.20. The van der Waals surface area contributed by atoms with Crippen molar-refractivity contribution in [2.24, 2.45) is 5.92 Å². The Morgan fingerprint density at radius 1 is 1.35 bits per heavy atom. The fourth-order valence-corrected chi connectivity index (χ4v) is 2.33. The lowest BCUT2D eigenvalue weighted by molar-refractivity contribution is 0.397. The van der Waals surface area contributed by atoms with Crippen LogP contribution < -0.4 is 5.32 Å². The Labute approximate surface area is 104 Å². The number of benzene rings is 1. The Kier molecular flexibility index (Phi) is 5.63. The Morgan fingerprint density at radius 2 is 2.06 bits per heavy atom. The van der Waals surface area contributed by atoms with Crippen LogP contribution in [0.5, 0.6) is 0 Å². The first-order chi connectivity index (χ1) is 8.08. The topological polar surface area (TPSA) is 12.0 Å². The maximum atomic E-state index is 13.9. The van der Waals surface area contributed by atoms with Gasteiger partial charge in [-0.05, 0) is 37.9 Å². The van der Waals surface area contributed by atoms with Crippen molar-refractivity contribution in [1.82, 2.24) is 5.32 Å². The van der Waals surface area contributed by atoms with Gasteiger partial charge in [0.2, 0.25) is 0 Å². The van der Waals surface area contributed by atoms with E-state index >= 15 is 0 Å². The van der Waals surface area contributed by atoms with E-state index in [1.54, 1.807) is 6.07 Å². The van der Waals surface area contributed by atoms with E-state index in [0.29, 0.717) is 5.92 Å². The van der Waals surface area contributed by atoms with E-state index in [4.69, 9.17) is 0 Å². The minimum absolute atomic E-state index is 0.0898. The predicted octanol–water partition coefficient (Wildman–Crippen LogP) is 4.22. The molecular formula is C15H24FN. The molecule has 0 heterocycles. The van der Waals surface area contributed by atoms with Crippen LogP contribution in [0.4, 0.5) is 4.39 Å². The van der Waals surface area contributed by atoms with Crippen LogP contribution in [0, 0.1) is 18.7 Å². The van der Waals surface area contributed by atoms with Crippen LogP contribution in [-0.2, 0) is 0 Å². The van der Waals surface area contributed by atoms with E-state index in [0.717, 1.165) is 17.5 Å². The van der Waals surface area contributed by atoms with E-state index in [1.807, 2.05) is 26.1 Å². The number of rotatable bonds is 6. The summed E-state index contributed by atoms with van der Waals surface area (Å²) in [6, 6.07) is 5.62. The second-order valence-electron chi connectivity index (χ2n) is 5.00. The number of hydrogen-bond acceptors (Lipinski definition) is 1. The average Bonchev–Trinajstić information content (AvgIpc) is 2.27. The van der Waals surface area contributed by atoms with Crippen molar-refractivity contribution in [2.45, 2.75) is 46.1 Å². The van der Waals surface area contributed by atoms with Gasteiger partial charge >= 0.3 is 0 Å². The van der Waals surface area contributed by atoms with Gasteiger partial charge in [0, 0.05) is 11.6 Å². The third-order valence-corrected chi connectivity index (χ3v) is 3.30. The summed E-state index contributed by atoms with van der Waals surface area (Å²) in [5.74, 6) is 0.534. The smallest absolute Gasteiger partial charge is 0.128 e. The average molecular weight is 237 g/mol. The van der Waals surface area contributed by atoms with Gasteiger partial charge in [0.05, 0.1) is 0 Å². The normalized spacial score (nSPS) is 14.6. The second-order valence-corrected chi connectivity index (χ2v) is 5.00. The van der Waals surface area contributed by atoms with Crippen molar-refractivity contribution in [3.8, 4) is 0 Å². The molecule has 0 amide bonds. The van der Waals surface area contributed by atoms with Crippen LogP contribution in [0.1, 0.15) is 50.3 Å². The summed E-state index contributed by atoms with van der Waals surface area (Å²) in [6.07, 6.45) is 3.38. The highest BCUT2D eigenvalue weighted by Gasteiger charge is 2.16. The van der Waals surface area contributed by atoms with Gasteiger partial charge in [-0.1, -0.05) is 38.8 Å². The third-order valence-electron chi connectivity index (χ3n) is 3.30. The highest BCUT2D eigenvalue weighted by atomic mass is 19.1. The third kappa shape index (κ3) is 4.12. The zero-order chi connectivity index (χ0) is 12.8. The molecule has 0 aliphatic rings. The van der Waals surface area contributed by atoms with Crippen molar-refractivity contribution in [3.05, 3.63) is 35.1 Å². The summed E-state index contributed by atoms with van der Waals surface area (Å²) >= 11 is 0. The van der Waals surface area contributed by atoms with Crippen LogP contribution in [-0.4, -0.2) is 7.05 Å². The van der Waals surface area contributed by atoms with Crippen molar-refractivity contribution in [3.63, 3.8) is 0 Å². The quantitative estimate of drug-likeness (QED) is 0.781. The number of halogens is 1. The molecule has 0 saturated carbocycles. The molecule has 2 heteroatoms. The largest absolute Gasteiger partial charge is 0.313 e. The van der Waals surface area contributed by atoms with Gasteiger partial charge in [0.15, 0.2) is 0 Å².